The van der Waals surface area contributed by atoms with E-state index in [1.54, 1.807) is 42.2 Å². The number of hydrogen-bond acceptors (Lipinski definition) is 9. The van der Waals surface area contributed by atoms with Gasteiger partial charge in [0.1, 0.15) is 28.6 Å². The zero-order valence-electron chi connectivity index (χ0n) is 21.0. The third-order valence-electron chi connectivity index (χ3n) is 7.36. The molecule has 198 valence electrons. The van der Waals surface area contributed by atoms with Gasteiger partial charge < -0.3 is 10.2 Å². The van der Waals surface area contributed by atoms with Crippen molar-refractivity contribution in [3.63, 3.8) is 0 Å². The van der Waals surface area contributed by atoms with E-state index in [1.807, 2.05) is 6.20 Å². The summed E-state index contributed by atoms with van der Waals surface area (Å²) in [5.74, 6) is 1.20. The molecule has 0 atom stereocenters. The first-order valence-electron chi connectivity index (χ1n) is 12.9. The SMILES string of the molecule is Fc1ccc(Nc2ncnc3sc4c(c23)CCc2nn(CCN3CCN(c5cnccn5)CC3)cc2-4)cc1Cl. The summed E-state index contributed by atoms with van der Waals surface area (Å²) < 4.78 is 15.7. The third-order valence-corrected chi connectivity index (χ3v) is 8.82. The molecule has 5 heterocycles. The van der Waals surface area contributed by atoms with Crippen LogP contribution in [0.1, 0.15) is 11.3 Å². The largest absolute Gasteiger partial charge is 0.353 e. The summed E-state index contributed by atoms with van der Waals surface area (Å²) in [5, 5.41) is 9.34. The molecule has 0 saturated carbocycles. The summed E-state index contributed by atoms with van der Waals surface area (Å²) in [6.45, 7) is 5.67. The molecule has 0 radical (unpaired) electrons. The van der Waals surface area contributed by atoms with Crippen molar-refractivity contribution in [2.75, 3.05) is 42.9 Å². The maximum absolute atomic E-state index is 13.6. The van der Waals surface area contributed by atoms with Gasteiger partial charge in [-0.3, -0.25) is 14.6 Å². The van der Waals surface area contributed by atoms with E-state index in [9.17, 15) is 4.39 Å². The molecule has 0 amide bonds. The van der Waals surface area contributed by atoms with Crippen molar-refractivity contribution in [1.82, 2.24) is 34.6 Å². The Morgan fingerprint density at radius 1 is 1.03 bits per heavy atom. The number of hydrogen-bond donors (Lipinski definition) is 1. The summed E-state index contributed by atoms with van der Waals surface area (Å²) in [6.07, 6.45) is 10.8. The van der Waals surface area contributed by atoms with Crippen molar-refractivity contribution in [2.45, 2.75) is 19.4 Å². The summed E-state index contributed by atoms with van der Waals surface area (Å²) in [6, 6.07) is 4.58. The summed E-state index contributed by atoms with van der Waals surface area (Å²) in [4.78, 5) is 24.6. The number of anilines is 3. The molecule has 39 heavy (non-hydrogen) atoms. The topological polar surface area (TPSA) is 87.9 Å². The van der Waals surface area contributed by atoms with Crippen LogP contribution in [0.4, 0.5) is 21.7 Å². The zero-order chi connectivity index (χ0) is 26.3. The first kappa shape index (κ1) is 24.4. The molecule has 1 aliphatic carbocycles. The Morgan fingerprint density at radius 2 is 1.92 bits per heavy atom. The van der Waals surface area contributed by atoms with Gasteiger partial charge in [0.25, 0.3) is 0 Å². The van der Waals surface area contributed by atoms with Crippen LogP contribution in [0.25, 0.3) is 20.7 Å². The predicted octanol–water partition coefficient (Wildman–Crippen LogP) is 4.80. The van der Waals surface area contributed by atoms with Gasteiger partial charge in [-0.2, -0.15) is 5.10 Å². The molecular weight excluding hydrogens is 537 g/mol. The zero-order valence-corrected chi connectivity index (χ0v) is 22.6. The third kappa shape index (κ3) is 4.70. The first-order valence-corrected chi connectivity index (χ1v) is 14.1. The van der Waals surface area contributed by atoms with Crippen LogP contribution < -0.4 is 10.2 Å². The van der Waals surface area contributed by atoms with Gasteiger partial charge in [-0.15, -0.1) is 11.3 Å². The van der Waals surface area contributed by atoms with Crippen molar-refractivity contribution < 1.29 is 4.39 Å². The van der Waals surface area contributed by atoms with Crippen molar-refractivity contribution in [2.24, 2.45) is 0 Å². The fourth-order valence-corrected chi connectivity index (χ4v) is 6.75. The Bertz CT molecular complexity index is 1650. The van der Waals surface area contributed by atoms with E-state index in [-0.39, 0.29) is 5.02 Å². The summed E-state index contributed by atoms with van der Waals surface area (Å²) >= 11 is 7.67. The Morgan fingerprint density at radius 3 is 2.74 bits per heavy atom. The Hall–Kier alpha value is -3.67. The van der Waals surface area contributed by atoms with Gasteiger partial charge in [-0.05, 0) is 36.6 Å². The fraction of sp³-hybridized carbons (Fsp3) is 0.296. The number of piperazine rings is 1. The molecule has 2 aliphatic rings. The van der Waals surface area contributed by atoms with Crippen molar-refractivity contribution in [1.29, 1.82) is 0 Å². The standard InChI is InChI=1S/C27H25ClFN9S/c28-20-13-17(1-3-21(20)29)34-26-24-18-2-4-22-19(25(18)39-27(24)33-16-32-26)15-38(35-22)12-9-36-7-10-37(11-8-36)23-14-30-5-6-31-23/h1,3,5-6,13-16H,2,4,7-12H2,(H,32,33,34). The second-order valence-corrected chi connectivity index (χ2v) is 11.1. The van der Waals surface area contributed by atoms with E-state index in [2.05, 4.69) is 45.9 Å². The van der Waals surface area contributed by atoms with Gasteiger partial charge in [-0.25, -0.2) is 19.3 Å². The van der Waals surface area contributed by atoms with Gasteiger partial charge in [0, 0.05) is 67.4 Å². The molecule has 0 spiro atoms. The molecule has 0 unspecified atom stereocenters. The highest BCUT2D eigenvalue weighted by molar-refractivity contribution is 7.22. The van der Waals surface area contributed by atoms with Crippen LogP contribution >= 0.6 is 22.9 Å². The number of thiophene rings is 1. The van der Waals surface area contributed by atoms with Crippen LogP contribution in [-0.2, 0) is 19.4 Å². The Balaban J connectivity index is 1.07. The van der Waals surface area contributed by atoms with E-state index in [0.717, 1.165) is 73.8 Å². The highest BCUT2D eigenvalue weighted by atomic mass is 35.5. The smallest absolute Gasteiger partial charge is 0.147 e. The Labute approximate surface area is 233 Å². The normalized spacial score (nSPS) is 15.4. The molecule has 1 saturated heterocycles. The molecule has 1 fully saturated rings. The molecule has 1 N–H and O–H groups in total. The number of benzene rings is 1. The molecule has 4 aromatic heterocycles. The second kappa shape index (κ2) is 10.1. The molecule has 7 rings (SSSR count). The molecule has 9 nitrogen and oxygen atoms in total. The first-order chi connectivity index (χ1) is 19.1. The lowest BCUT2D eigenvalue weighted by Crippen LogP contribution is -2.47. The lowest BCUT2D eigenvalue weighted by Gasteiger charge is -2.35. The van der Waals surface area contributed by atoms with Crippen molar-refractivity contribution >= 4 is 50.5 Å². The summed E-state index contributed by atoms with van der Waals surface area (Å²) in [5.41, 5.74) is 4.23. The second-order valence-electron chi connectivity index (χ2n) is 9.71. The van der Waals surface area contributed by atoms with E-state index in [1.165, 1.54) is 22.1 Å². The van der Waals surface area contributed by atoms with Crippen LogP contribution in [0.3, 0.4) is 0 Å². The van der Waals surface area contributed by atoms with Crippen LogP contribution in [0.2, 0.25) is 5.02 Å². The number of aryl methyl sites for hydroxylation is 2. The van der Waals surface area contributed by atoms with Gasteiger partial charge in [0.2, 0.25) is 0 Å². The van der Waals surface area contributed by atoms with E-state index >= 15 is 0 Å². The van der Waals surface area contributed by atoms with Crippen LogP contribution in [0, 0.1) is 5.82 Å². The van der Waals surface area contributed by atoms with E-state index in [4.69, 9.17) is 16.7 Å². The molecule has 5 aromatic rings. The van der Waals surface area contributed by atoms with Crippen LogP contribution in [0.5, 0.6) is 0 Å². The van der Waals surface area contributed by atoms with E-state index in [0.29, 0.717) is 11.5 Å². The maximum Gasteiger partial charge on any atom is 0.147 e. The van der Waals surface area contributed by atoms with Gasteiger partial charge >= 0.3 is 0 Å². The molecule has 0 bridgehead atoms. The lowest BCUT2D eigenvalue weighted by atomic mass is 9.95. The molecular formula is C27H25ClFN9S. The highest BCUT2D eigenvalue weighted by Gasteiger charge is 2.27. The number of aromatic nitrogens is 6. The lowest BCUT2D eigenvalue weighted by molar-refractivity contribution is 0.244. The minimum Gasteiger partial charge on any atom is -0.353 e. The predicted molar refractivity (Wildman–Crippen MR) is 151 cm³/mol. The minimum absolute atomic E-state index is 0.0714. The number of rotatable bonds is 6. The van der Waals surface area contributed by atoms with Gasteiger partial charge in [0.05, 0.1) is 28.8 Å². The van der Waals surface area contributed by atoms with E-state index < -0.39 is 5.82 Å². The van der Waals surface area contributed by atoms with Gasteiger partial charge in [0.15, 0.2) is 0 Å². The highest BCUT2D eigenvalue weighted by Crippen LogP contribution is 2.45. The molecule has 1 aromatic carbocycles. The number of fused-ring (bicyclic) bond motifs is 5. The van der Waals surface area contributed by atoms with Crippen LogP contribution in [-0.4, -0.2) is 67.3 Å². The van der Waals surface area contributed by atoms with Gasteiger partial charge in [-0.1, -0.05) is 11.6 Å². The Kier molecular flexibility index (Phi) is 6.34. The number of halogens is 2. The molecule has 12 heteroatoms. The maximum atomic E-state index is 13.6. The monoisotopic (exact) mass is 561 g/mol. The minimum atomic E-state index is -0.447. The fourth-order valence-electron chi connectivity index (χ4n) is 5.34. The quantitative estimate of drug-likeness (QED) is 0.316. The number of nitrogens with one attached hydrogen (secondary N) is 1. The van der Waals surface area contributed by atoms with Crippen LogP contribution in [0.15, 0.2) is 49.3 Å². The summed E-state index contributed by atoms with van der Waals surface area (Å²) in [7, 11) is 0. The van der Waals surface area contributed by atoms with Crippen molar-refractivity contribution in [3.05, 3.63) is 71.4 Å². The number of nitrogens with zero attached hydrogens (tertiary/aromatic N) is 8. The average molecular weight is 562 g/mol. The van der Waals surface area contributed by atoms with Crippen molar-refractivity contribution in [3.8, 4) is 10.4 Å². The average Bonchev–Trinajstić information content (AvgIpc) is 3.56. The molecule has 1 aliphatic heterocycles.